The molecule has 0 atom stereocenters. The predicted molar refractivity (Wildman–Crippen MR) is 63.4 cm³/mol. The molecule has 2 rings (SSSR count). The van der Waals surface area contributed by atoms with Crippen molar-refractivity contribution in [3.63, 3.8) is 0 Å². The number of hydrogen-bond donors (Lipinski definition) is 2. The zero-order chi connectivity index (χ0) is 12.5. The molecule has 0 spiro atoms. The van der Waals surface area contributed by atoms with Crippen LogP contribution in [0.15, 0.2) is 53.4 Å². The highest BCUT2D eigenvalue weighted by Gasteiger charge is 2.08. The molecule has 0 heterocycles. The Bertz CT molecular complexity index is 613. The molecule has 88 valence electrons. The minimum atomic E-state index is -4.15. The molecule has 0 bridgehead atoms. The molecular formula is C12H10O4S. The fraction of sp³-hybridized carbons (Fsp3) is 0. The number of aromatic hydroxyl groups is 1. The van der Waals surface area contributed by atoms with Crippen LogP contribution in [0.3, 0.4) is 0 Å². The van der Waals surface area contributed by atoms with Crippen LogP contribution < -0.4 is 0 Å². The van der Waals surface area contributed by atoms with Gasteiger partial charge in [0, 0.05) is 0 Å². The van der Waals surface area contributed by atoms with Crippen LogP contribution in [0.1, 0.15) is 0 Å². The molecule has 0 unspecified atom stereocenters. The summed E-state index contributed by atoms with van der Waals surface area (Å²) in [7, 11) is -4.15. The summed E-state index contributed by atoms with van der Waals surface area (Å²) in [6.45, 7) is 0. The van der Waals surface area contributed by atoms with Gasteiger partial charge in [0.2, 0.25) is 0 Å². The van der Waals surface area contributed by atoms with E-state index in [4.69, 9.17) is 9.66 Å². The summed E-state index contributed by atoms with van der Waals surface area (Å²) in [5, 5.41) is 9.14. The largest absolute Gasteiger partial charge is 0.508 e. The van der Waals surface area contributed by atoms with E-state index in [-0.39, 0.29) is 10.6 Å². The maximum Gasteiger partial charge on any atom is 0.294 e. The molecule has 5 heteroatoms. The Labute approximate surface area is 98.9 Å². The lowest BCUT2D eigenvalue weighted by molar-refractivity contribution is 0.475. The van der Waals surface area contributed by atoms with Crippen LogP contribution in [0.4, 0.5) is 0 Å². The summed E-state index contributed by atoms with van der Waals surface area (Å²) in [5.41, 5.74) is 1.65. The third-order valence-electron chi connectivity index (χ3n) is 2.35. The molecule has 0 aliphatic carbocycles. The number of phenolic OH excluding ortho intramolecular Hbond substituents is 1. The summed E-state index contributed by atoms with van der Waals surface area (Å²) < 4.78 is 30.5. The van der Waals surface area contributed by atoms with Gasteiger partial charge in [-0.05, 0) is 35.4 Å². The van der Waals surface area contributed by atoms with Crippen LogP contribution >= 0.6 is 0 Å². The zero-order valence-corrected chi connectivity index (χ0v) is 9.55. The Morgan fingerprint density at radius 1 is 0.765 bits per heavy atom. The molecule has 0 saturated carbocycles. The summed E-state index contributed by atoms with van der Waals surface area (Å²) in [6, 6.07) is 12.4. The molecule has 2 aromatic rings. The zero-order valence-electron chi connectivity index (χ0n) is 8.74. The van der Waals surface area contributed by atoms with Gasteiger partial charge in [-0.3, -0.25) is 4.55 Å². The summed E-state index contributed by atoms with van der Waals surface area (Å²) in [4.78, 5) is -0.139. The molecule has 0 fully saturated rings. The van der Waals surface area contributed by atoms with Gasteiger partial charge in [0.1, 0.15) is 5.75 Å². The van der Waals surface area contributed by atoms with E-state index in [0.29, 0.717) is 0 Å². The van der Waals surface area contributed by atoms with Gasteiger partial charge in [0.25, 0.3) is 10.1 Å². The van der Waals surface area contributed by atoms with Crippen LogP contribution in [0.5, 0.6) is 5.75 Å². The maximum absolute atomic E-state index is 10.8. The molecule has 0 radical (unpaired) electrons. The van der Waals surface area contributed by atoms with E-state index < -0.39 is 10.1 Å². The van der Waals surface area contributed by atoms with Crippen LogP contribution in [-0.2, 0) is 10.1 Å². The van der Waals surface area contributed by atoms with E-state index in [1.807, 2.05) is 0 Å². The van der Waals surface area contributed by atoms with Crippen molar-refractivity contribution >= 4 is 10.1 Å². The summed E-state index contributed by atoms with van der Waals surface area (Å²) in [5.74, 6) is 0.170. The van der Waals surface area contributed by atoms with Crippen molar-refractivity contribution < 1.29 is 18.1 Å². The quantitative estimate of drug-likeness (QED) is 0.802. The van der Waals surface area contributed by atoms with E-state index in [1.54, 1.807) is 36.4 Å². The van der Waals surface area contributed by atoms with Crippen molar-refractivity contribution in [2.45, 2.75) is 4.90 Å². The lowest BCUT2D eigenvalue weighted by atomic mass is 10.1. The molecule has 0 amide bonds. The minimum Gasteiger partial charge on any atom is -0.508 e. The fourth-order valence-corrected chi connectivity index (χ4v) is 1.95. The highest BCUT2D eigenvalue weighted by Crippen LogP contribution is 2.23. The standard InChI is InChI=1S/C12H10O4S/c13-11-5-1-9(2-6-11)10-3-7-12(8-4-10)17(14,15)16/h1-8,13H,(H,14,15,16). The van der Waals surface area contributed by atoms with Gasteiger partial charge in [0.15, 0.2) is 0 Å². The normalized spacial score (nSPS) is 11.4. The molecule has 0 aliphatic rings. The van der Waals surface area contributed by atoms with E-state index >= 15 is 0 Å². The molecular weight excluding hydrogens is 240 g/mol. The van der Waals surface area contributed by atoms with E-state index in [9.17, 15) is 8.42 Å². The van der Waals surface area contributed by atoms with Crippen molar-refractivity contribution in [1.82, 2.24) is 0 Å². The first-order valence-corrected chi connectivity index (χ1v) is 6.28. The first-order chi connectivity index (χ1) is 7.97. The van der Waals surface area contributed by atoms with Crippen molar-refractivity contribution in [2.24, 2.45) is 0 Å². The van der Waals surface area contributed by atoms with Gasteiger partial charge in [0.05, 0.1) is 4.90 Å². The molecule has 0 saturated heterocycles. The highest BCUT2D eigenvalue weighted by molar-refractivity contribution is 7.85. The Morgan fingerprint density at radius 3 is 1.59 bits per heavy atom. The smallest absolute Gasteiger partial charge is 0.294 e. The topological polar surface area (TPSA) is 74.6 Å². The number of phenols is 1. The molecule has 2 aromatic carbocycles. The monoisotopic (exact) mass is 250 g/mol. The number of hydrogen-bond acceptors (Lipinski definition) is 3. The molecule has 2 N–H and O–H groups in total. The lowest BCUT2D eigenvalue weighted by Crippen LogP contribution is -1.97. The van der Waals surface area contributed by atoms with E-state index in [1.165, 1.54) is 12.1 Å². The molecule has 0 aromatic heterocycles. The van der Waals surface area contributed by atoms with Crippen LogP contribution in [0, 0.1) is 0 Å². The van der Waals surface area contributed by atoms with Crippen LogP contribution in [0.2, 0.25) is 0 Å². The Kier molecular flexibility index (Phi) is 2.87. The Balaban J connectivity index is 2.39. The minimum absolute atomic E-state index is 0.139. The molecule has 0 aliphatic heterocycles. The van der Waals surface area contributed by atoms with Crippen molar-refractivity contribution in [2.75, 3.05) is 0 Å². The van der Waals surface area contributed by atoms with Crippen LogP contribution in [0.25, 0.3) is 11.1 Å². The second kappa shape index (κ2) is 4.20. The Hall–Kier alpha value is -1.85. The van der Waals surface area contributed by atoms with Gasteiger partial charge >= 0.3 is 0 Å². The molecule has 4 nitrogen and oxygen atoms in total. The average Bonchev–Trinajstić information content (AvgIpc) is 2.29. The molecule has 17 heavy (non-hydrogen) atoms. The second-order valence-electron chi connectivity index (χ2n) is 3.55. The van der Waals surface area contributed by atoms with Crippen molar-refractivity contribution in [1.29, 1.82) is 0 Å². The van der Waals surface area contributed by atoms with E-state index in [2.05, 4.69) is 0 Å². The SMILES string of the molecule is O=S(=O)(O)c1ccc(-c2ccc(O)cc2)cc1. The van der Waals surface area contributed by atoms with Crippen LogP contribution in [-0.4, -0.2) is 18.1 Å². The fourth-order valence-electron chi connectivity index (χ4n) is 1.47. The van der Waals surface area contributed by atoms with Gasteiger partial charge in [-0.1, -0.05) is 24.3 Å². The number of rotatable bonds is 2. The first-order valence-electron chi connectivity index (χ1n) is 4.84. The van der Waals surface area contributed by atoms with Crippen molar-refractivity contribution in [3.8, 4) is 16.9 Å². The van der Waals surface area contributed by atoms with Gasteiger partial charge in [-0.15, -0.1) is 0 Å². The third-order valence-corrected chi connectivity index (χ3v) is 3.22. The summed E-state index contributed by atoms with van der Waals surface area (Å²) in [6.07, 6.45) is 0. The predicted octanol–water partition coefficient (Wildman–Crippen LogP) is 2.31. The van der Waals surface area contributed by atoms with Gasteiger partial charge in [-0.25, -0.2) is 0 Å². The van der Waals surface area contributed by atoms with Crippen molar-refractivity contribution in [3.05, 3.63) is 48.5 Å². The third kappa shape index (κ3) is 2.64. The lowest BCUT2D eigenvalue weighted by Gasteiger charge is -2.03. The average molecular weight is 250 g/mol. The first kappa shape index (κ1) is 11.6. The number of benzene rings is 2. The Morgan fingerprint density at radius 2 is 1.18 bits per heavy atom. The van der Waals surface area contributed by atoms with E-state index in [0.717, 1.165) is 11.1 Å². The highest BCUT2D eigenvalue weighted by atomic mass is 32.2. The maximum atomic E-state index is 10.8. The van der Waals surface area contributed by atoms with Gasteiger partial charge in [-0.2, -0.15) is 8.42 Å². The summed E-state index contributed by atoms with van der Waals surface area (Å²) >= 11 is 0. The second-order valence-corrected chi connectivity index (χ2v) is 4.97. The van der Waals surface area contributed by atoms with Gasteiger partial charge < -0.3 is 5.11 Å².